The topological polar surface area (TPSA) is 41.0 Å². The predicted molar refractivity (Wildman–Crippen MR) is 94.5 cm³/mol. The molecule has 3 rings (SSSR count). The molecule has 1 N–H and O–H groups in total. The summed E-state index contributed by atoms with van der Waals surface area (Å²) in [5, 5.41) is 3.72. The van der Waals surface area contributed by atoms with Crippen molar-refractivity contribution in [2.75, 3.05) is 18.4 Å². The third-order valence-electron chi connectivity index (χ3n) is 4.32. The number of aromatic nitrogens is 2. The number of nitrogens with zero attached hydrogens (tertiary/aromatic N) is 3. The highest BCUT2D eigenvalue weighted by atomic mass is 35.5. The van der Waals surface area contributed by atoms with Crippen molar-refractivity contribution in [1.29, 1.82) is 0 Å². The first-order valence-electron chi connectivity index (χ1n) is 8.21. The molecule has 5 heteroatoms. The van der Waals surface area contributed by atoms with Crippen LogP contribution in [-0.2, 0) is 13.1 Å². The van der Waals surface area contributed by atoms with Gasteiger partial charge in [-0.1, -0.05) is 42.8 Å². The Morgan fingerprint density at radius 2 is 2.09 bits per heavy atom. The molecule has 0 aliphatic carbocycles. The zero-order valence-corrected chi connectivity index (χ0v) is 14.3. The van der Waals surface area contributed by atoms with Crippen LogP contribution in [0.25, 0.3) is 0 Å². The van der Waals surface area contributed by atoms with E-state index in [9.17, 15) is 0 Å². The summed E-state index contributed by atoms with van der Waals surface area (Å²) < 4.78 is 0. The summed E-state index contributed by atoms with van der Waals surface area (Å²) in [5.74, 6) is 1.51. The molecule has 1 saturated heterocycles. The number of benzene rings is 1. The van der Waals surface area contributed by atoms with Gasteiger partial charge in [-0.05, 0) is 36.4 Å². The molecule has 1 atom stereocenters. The van der Waals surface area contributed by atoms with Crippen LogP contribution in [0.5, 0.6) is 0 Å². The van der Waals surface area contributed by atoms with E-state index in [2.05, 4.69) is 51.4 Å². The number of nitrogens with one attached hydrogen (secondary N) is 1. The summed E-state index contributed by atoms with van der Waals surface area (Å²) >= 11 is 5.88. The predicted octanol–water partition coefficient (Wildman–Crippen LogP) is 3.97. The van der Waals surface area contributed by atoms with Crippen molar-refractivity contribution >= 4 is 17.4 Å². The fourth-order valence-corrected chi connectivity index (χ4v) is 3.32. The first kappa shape index (κ1) is 16.2. The van der Waals surface area contributed by atoms with E-state index < -0.39 is 0 Å². The van der Waals surface area contributed by atoms with Crippen molar-refractivity contribution in [3.05, 3.63) is 52.9 Å². The largest absolute Gasteiger partial charge is 0.365 e. The molecule has 1 aromatic heterocycles. The molecule has 0 spiro atoms. The molecule has 2 aromatic rings. The molecular formula is C18H23ClN4. The Balaban J connectivity index is 1.65. The number of piperidine rings is 1. The smallest absolute Gasteiger partial charge is 0.149 e. The van der Waals surface area contributed by atoms with Gasteiger partial charge in [0, 0.05) is 19.6 Å². The van der Waals surface area contributed by atoms with Crippen LogP contribution in [0, 0.1) is 5.92 Å². The summed E-state index contributed by atoms with van der Waals surface area (Å²) in [6.45, 7) is 6.49. The number of rotatable bonds is 5. The summed E-state index contributed by atoms with van der Waals surface area (Å²) in [5.41, 5.74) is 2.68. The SMILES string of the molecule is CC1CCCN(Cc2ccccc2CNc2cncc(Cl)n2)C1. The van der Waals surface area contributed by atoms with Gasteiger partial charge in [0.15, 0.2) is 0 Å². The van der Waals surface area contributed by atoms with Gasteiger partial charge in [0.05, 0.1) is 12.4 Å². The van der Waals surface area contributed by atoms with Crippen molar-refractivity contribution in [3.8, 4) is 0 Å². The van der Waals surface area contributed by atoms with Crippen LogP contribution >= 0.6 is 11.6 Å². The zero-order valence-electron chi connectivity index (χ0n) is 13.5. The van der Waals surface area contributed by atoms with E-state index in [-0.39, 0.29) is 0 Å². The molecule has 4 nitrogen and oxygen atoms in total. The average Bonchev–Trinajstić information content (AvgIpc) is 2.54. The second-order valence-corrected chi connectivity index (χ2v) is 6.72. The Kier molecular flexibility index (Phi) is 5.47. The Morgan fingerprint density at radius 3 is 2.87 bits per heavy atom. The maximum atomic E-state index is 5.88. The minimum atomic E-state index is 0.408. The third-order valence-corrected chi connectivity index (χ3v) is 4.50. The van der Waals surface area contributed by atoms with E-state index in [1.54, 1.807) is 6.20 Å². The lowest BCUT2D eigenvalue weighted by Gasteiger charge is -2.31. The van der Waals surface area contributed by atoms with Gasteiger partial charge in [0.1, 0.15) is 11.0 Å². The van der Waals surface area contributed by atoms with E-state index in [0.29, 0.717) is 11.0 Å². The highest BCUT2D eigenvalue weighted by Crippen LogP contribution is 2.20. The van der Waals surface area contributed by atoms with Crippen molar-refractivity contribution in [2.45, 2.75) is 32.9 Å². The van der Waals surface area contributed by atoms with Gasteiger partial charge in [0.2, 0.25) is 0 Å². The van der Waals surface area contributed by atoms with E-state index in [0.717, 1.165) is 19.0 Å². The lowest BCUT2D eigenvalue weighted by atomic mass is 9.99. The van der Waals surface area contributed by atoms with Crippen molar-refractivity contribution in [2.24, 2.45) is 5.92 Å². The van der Waals surface area contributed by atoms with Gasteiger partial charge in [-0.15, -0.1) is 0 Å². The molecule has 1 unspecified atom stereocenters. The van der Waals surface area contributed by atoms with Crippen LogP contribution in [0.4, 0.5) is 5.82 Å². The molecule has 2 heterocycles. The highest BCUT2D eigenvalue weighted by Gasteiger charge is 2.17. The van der Waals surface area contributed by atoms with Crippen LogP contribution in [0.1, 0.15) is 30.9 Å². The Morgan fingerprint density at radius 1 is 1.26 bits per heavy atom. The molecule has 1 fully saturated rings. The molecule has 23 heavy (non-hydrogen) atoms. The Bertz CT molecular complexity index is 646. The molecule has 0 radical (unpaired) electrons. The van der Waals surface area contributed by atoms with Crippen LogP contribution in [0.3, 0.4) is 0 Å². The van der Waals surface area contributed by atoms with Crippen molar-refractivity contribution in [1.82, 2.24) is 14.9 Å². The van der Waals surface area contributed by atoms with Crippen LogP contribution in [-0.4, -0.2) is 28.0 Å². The molecule has 1 aliphatic rings. The standard InChI is InChI=1S/C18H23ClN4/c1-14-5-4-8-23(12-14)13-16-7-3-2-6-15(16)9-21-18-11-20-10-17(19)22-18/h2-3,6-7,10-11,14H,4-5,8-9,12-13H2,1H3,(H,21,22). The van der Waals surface area contributed by atoms with E-state index in [1.807, 2.05) is 0 Å². The minimum Gasteiger partial charge on any atom is -0.365 e. The molecule has 0 bridgehead atoms. The third kappa shape index (κ3) is 4.66. The van der Waals surface area contributed by atoms with Crippen molar-refractivity contribution in [3.63, 3.8) is 0 Å². The van der Waals surface area contributed by atoms with Gasteiger partial charge in [-0.2, -0.15) is 0 Å². The van der Waals surface area contributed by atoms with Crippen LogP contribution in [0.2, 0.25) is 5.15 Å². The summed E-state index contributed by atoms with van der Waals surface area (Å²) in [6, 6.07) is 8.60. The number of likely N-dealkylation sites (tertiary alicyclic amines) is 1. The summed E-state index contributed by atoms with van der Waals surface area (Å²) in [6.07, 6.45) is 5.89. The van der Waals surface area contributed by atoms with E-state index in [4.69, 9.17) is 11.6 Å². The molecular weight excluding hydrogens is 308 g/mol. The van der Waals surface area contributed by atoms with Gasteiger partial charge in [0.25, 0.3) is 0 Å². The molecule has 1 aliphatic heterocycles. The maximum absolute atomic E-state index is 5.88. The number of hydrogen-bond acceptors (Lipinski definition) is 4. The average molecular weight is 331 g/mol. The normalized spacial score (nSPS) is 18.8. The lowest BCUT2D eigenvalue weighted by Crippen LogP contribution is -2.34. The fraction of sp³-hybridized carbons (Fsp3) is 0.444. The summed E-state index contributed by atoms with van der Waals surface area (Å²) in [7, 11) is 0. The Hall–Kier alpha value is -1.65. The van der Waals surface area contributed by atoms with Gasteiger partial charge < -0.3 is 5.32 Å². The van der Waals surface area contributed by atoms with Crippen LogP contribution < -0.4 is 5.32 Å². The maximum Gasteiger partial charge on any atom is 0.149 e. The molecule has 122 valence electrons. The Labute approximate surface area is 142 Å². The molecule has 0 saturated carbocycles. The highest BCUT2D eigenvalue weighted by molar-refractivity contribution is 6.29. The quantitative estimate of drug-likeness (QED) is 0.900. The zero-order chi connectivity index (χ0) is 16.1. The summed E-state index contributed by atoms with van der Waals surface area (Å²) in [4.78, 5) is 10.8. The monoisotopic (exact) mass is 330 g/mol. The van der Waals surface area contributed by atoms with Gasteiger partial charge >= 0.3 is 0 Å². The minimum absolute atomic E-state index is 0.408. The van der Waals surface area contributed by atoms with E-state index in [1.165, 1.54) is 43.3 Å². The number of anilines is 1. The van der Waals surface area contributed by atoms with Crippen LogP contribution in [0.15, 0.2) is 36.7 Å². The fourth-order valence-electron chi connectivity index (χ4n) is 3.17. The molecule has 1 aromatic carbocycles. The van der Waals surface area contributed by atoms with Crippen molar-refractivity contribution < 1.29 is 0 Å². The first-order chi connectivity index (χ1) is 11.2. The first-order valence-corrected chi connectivity index (χ1v) is 8.59. The number of halogens is 1. The second kappa shape index (κ2) is 7.75. The van der Waals surface area contributed by atoms with Gasteiger partial charge in [-0.3, -0.25) is 9.88 Å². The second-order valence-electron chi connectivity index (χ2n) is 6.33. The van der Waals surface area contributed by atoms with Gasteiger partial charge in [-0.25, -0.2) is 4.98 Å². The van der Waals surface area contributed by atoms with E-state index >= 15 is 0 Å². The number of hydrogen-bond donors (Lipinski definition) is 1. The lowest BCUT2D eigenvalue weighted by molar-refractivity contribution is 0.176. The molecule has 0 amide bonds.